The Morgan fingerprint density at radius 2 is 0.901 bits per heavy atom. The molecular formula is C48H87N21O12. The molecule has 1 heterocycles. The zero-order valence-electron chi connectivity index (χ0n) is 46.7. The highest BCUT2D eigenvalue weighted by Gasteiger charge is 2.36. The molecule has 1 aromatic heterocycles. The standard InChI is InChI=1S/C48H87N21O12/c1-24(2)19-32(42(77)64-31(14-10-18-60-48(55)56)40(75)68-34(45(80)81)21-35(70)71)67-44(79)36(25(3)4)69-41(76)28(11-6-7-15-49)63-38(73)30(13-9-17-59-47(53)54)65-43(78)33(20-27-22-57-23-61-27)66-39(74)29(62-37(72)26(5)50)12-8-16-58-46(51)52/h22-26,28-34,36H,6-21,49-50H2,1-5H3,(H,57,61)(H,62,72)(H,63,73)(H,64,77)(H,65,78)(H,66,74)(H,67,79)(H,68,75)(H,69,76)(H,70,71)(H,80,81)(H4,51,52,58)(H4,53,54,59)(H4,55,56,60)/t26-,28-,29-,30-,31-,32-,33-,34-,36-/m0/s1. The number of carboxylic acid groups (broad SMARTS) is 2. The van der Waals surface area contributed by atoms with Crippen LogP contribution in [0.5, 0.6) is 0 Å². The molecule has 0 bridgehead atoms. The van der Waals surface area contributed by atoms with Crippen molar-refractivity contribution in [2.75, 3.05) is 26.2 Å². The van der Waals surface area contributed by atoms with Gasteiger partial charge in [-0.05, 0) is 89.5 Å². The lowest BCUT2D eigenvalue weighted by Crippen LogP contribution is -2.61. The monoisotopic (exact) mass is 1150 g/mol. The summed E-state index contributed by atoms with van der Waals surface area (Å²) in [5, 5.41) is 39.4. The number of hydrogen-bond donors (Lipinski definition) is 19. The molecule has 0 aliphatic heterocycles. The smallest absolute Gasteiger partial charge is 0.326 e. The number of aromatic nitrogens is 2. The Morgan fingerprint density at radius 1 is 0.519 bits per heavy atom. The Balaban J connectivity index is 3.63. The molecule has 0 saturated carbocycles. The van der Waals surface area contributed by atoms with Gasteiger partial charge in [0.1, 0.15) is 48.3 Å². The van der Waals surface area contributed by atoms with Crippen LogP contribution in [0.25, 0.3) is 0 Å². The summed E-state index contributed by atoms with van der Waals surface area (Å²) in [6.45, 7) is 8.48. The minimum atomic E-state index is -1.86. The Morgan fingerprint density at radius 3 is 1.27 bits per heavy atom. The first-order valence-corrected chi connectivity index (χ1v) is 26.5. The number of hydrogen-bond acceptors (Lipinski definition) is 16. The SMILES string of the molecule is CC(C)C[C@H](NC(=O)[C@@H](NC(=O)[C@H](CCCCN)NC(=O)[C@H](CCCN=C(N)N)NC(=O)[C@H](Cc1cnc[nH]1)NC(=O)[C@H](CCCN=C(N)N)NC(=O)[C@H](C)N)C(C)C)C(=O)N[C@@H](CCCN=C(N)N)C(=O)N[C@@H](CC(=O)O)C(=O)O. The molecule has 1 rings (SSSR count). The minimum Gasteiger partial charge on any atom is -0.481 e. The number of nitrogens with two attached hydrogens (primary N) is 8. The second-order valence-corrected chi connectivity index (χ2v) is 19.9. The van der Waals surface area contributed by atoms with Crippen molar-refractivity contribution < 1.29 is 58.2 Å². The molecular weight excluding hydrogens is 1060 g/mol. The van der Waals surface area contributed by atoms with Crippen LogP contribution in [0.1, 0.15) is 111 Å². The van der Waals surface area contributed by atoms with Crippen molar-refractivity contribution in [1.82, 2.24) is 52.5 Å². The van der Waals surface area contributed by atoms with Crippen molar-refractivity contribution in [3.63, 3.8) is 0 Å². The molecule has 0 radical (unpaired) electrons. The van der Waals surface area contributed by atoms with E-state index in [2.05, 4.69) is 67.5 Å². The number of aliphatic carboxylic acids is 2. The number of carboxylic acids is 2. The van der Waals surface area contributed by atoms with Gasteiger partial charge in [0.25, 0.3) is 0 Å². The largest absolute Gasteiger partial charge is 0.481 e. The van der Waals surface area contributed by atoms with E-state index in [9.17, 15) is 58.2 Å². The van der Waals surface area contributed by atoms with Crippen molar-refractivity contribution in [2.45, 2.75) is 166 Å². The van der Waals surface area contributed by atoms with Crippen LogP contribution >= 0.6 is 0 Å². The molecule has 456 valence electrons. The number of amides is 8. The highest BCUT2D eigenvalue weighted by atomic mass is 16.4. The predicted octanol–water partition coefficient (Wildman–Crippen LogP) is -6.27. The van der Waals surface area contributed by atoms with Gasteiger partial charge in [0.2, 0.25) is 47.3 Å². The molecule has 81 heavy (non-hydrogen) atoms. The molecule has 0 aliphatic carbocycles. The maximum atomic E-state index is 14.4. The van der Waals surface area contributed by atoms with Gasteiger partial charge in [-0.15, -0.1) is 0 Å². The highest BCUT2D eigenvalue weighted by Crippen LogP contribution is 2.13. The van der Waals surface area contributed by atoms with Crippen LogP contribution in [0.2, 0.25) is 0 Å². The molecule has 0 spiro atoms. The molecule has 8 amide bonds. The van der Waals surface area contributed by atoms with Crippen LogP contribution in [0.3, 0.4) is 0 Å². The second-order valence-electron chi connectivity index (χ2n) is 19.9. The quantitative estimate of drug-likeness (QED) is 0.0165. The van der Waals surface area contributed by atoms with E-state index in [-0.39, 0.29) is 108 Å². The highest BCUT2D eigenvalue weighted by molar-refractivity contribution is 5.98. The van der Waals surface area contributed by atoms with E-state index in [4.69, 9.17) is 45.9 Å². The van der Waals surface area contributed by atoms with Crippen molar-refractivity contribution in [3.05, 3.63) is 18.2 Å². The Bertz CT molecular complexity index is 2300. The van der Waals surface area contributed by atoms with E-state index in [1.807, 2.05) is 0 Å². The van der Waals surface area contributed by atoms with Gasteiger partial charge in [0.05, 0.1) is 18.8 Å². The first kappa shape index (κ1) is 70.7. The van der Waals surface area contributed by atoms with E-state index < -0.39 is 126 Å². The van der Waals surface area contributed by atoms with Gasteiger partial charge < -0.3 is 104 Å². The molecule has 33 nitrogen and oxygen atoms in total. The number of nitrogens with zero attached hydrogens (tertiary/aromatic N) is 4. The summed E-state index contributed by atoms with van der Waals surface area (Å²) in [7, 11) is 0. The number of carbonyl (C=O) groups excluding carboxylic acids is 8. The number of H-pyrrole nitrogens is 1. The van der Waals surface area contributed by atoms with Crippen LogP contribution in [-0.4, -0.2) is 178 Å². The van der Waals surface area contributed by atoms with Crippen molar-refractivity contribution in [3.8, 4) is 0 Å². The maximum absolute atomic E-state index is 14.4. The lowest BCUT2D eigenvalue weighted by atomic mass is 9.98. The Labute approximate surface area is 469 Å². The van der Waals surface area contributed by atoms with Gasteiger partial charge >= 0.3 is 11.9 Å². The van der Waals surface area contributed by atoms with Crippen molar-refractivity contribution in [2.24, 2.45) is 72.7 Å². The average molecular weight is 1150 g/mol. The summed E-state index contributed by atoms with van der Waals surface area (Å²) in [6.07, 6.45) is 2.54. The Kier molecular flexibility index (Phi) is 32.7. The van der Waals surface area contributed by atoms with E-state index in [0.29, 0.717) is 18.5 Å². The summed E-state index contributed by atoms with van der Waals surface area (Å²) in [5.41, 5.74) is 44.8. The number of rotatable bonds is 40. The third-order valence-corrected chi connectivity index (χ3v) is 11.9. The number of imidazole rings is 1. The molecule has 0 unspecified atom stereocenters. The van der Waals surface area contributed by atoms with Crippen LogP contribution in [0.4, 0.5) is 0 Å². The summed E-state index contributed by atoms with van der Waals surface area (Å²) >= 11 is 0. The van der Waals surface area contributed by atoms with Crippen LogP contribution in [0.15, 0.2) is 27.5 Å². The van der Waals surface area contributed by atoms with E-state index in [1.165, 1.54) is 19.4 Å². The van der Waals surface area contributed by atoms with Gasteiger partial charge in [-0.3, -0.25) is 58.1 Å². The third-order valence-electron chi connectivity index (χ3n) is 11.9. The third kappa shape index (κ3) is 29.4. The predicted molar refractivity (Wildman–Crippen MR) is 298 cm³/mol. The van der Waals surface area contributed by atoms with Gasteiger partial charge in [-0.25, -0.2) is 9.78 Å². The summed E-state index contributed by atoms with van der Waals surface area (Å²) < 4.78 is 0. The molecule has 0 saturated heterocycles. The van der Waals surface area contributed by atoms with Crippen LogP contribution in [-0.2, 0) is 54.4 Å². The fourth-order valence-corrected chi connectivity index (χ4v) is 7.70. The molecule has 0 aromatic carbocycles. The van der Waals surface area contributed by atoms with Crippen molar-refractivity contribution >= 4 is 77.1 Å². The molecule has 0 aliphatic rings. The van der Waals surface area contributed by atoms with Gasteiger partial charge in [0, 0.05) is 37.9 Å². The van der Waals surface area contributed by atoms with Gasteiger partial charge in [-0.2, -0.15) is 0 Å². The fraction of sp³-hybridized carbons (Fsp3) is 0.667. The first-order valence-electron chi connectivity index (χ1n) is 26.5. The van der Waals surface area contributed by atoms with Crippen LogP contribution < -0.4 is 88.4 Å². The molecule has 33 heteroatoms. The number of aromatic amines is 1. The minimum absolute atomic E-state index is 0.000750. The topological polar surface area (TPSA) is 581 Å². The number of unbranched alkanes of at least 4 members (excludes halogenated alkanes) is 1. The first-order chi connectivity index (χ1) is 38.1. The maximum Gasteiger partial charge on any atom is 0.326 e. The number of carbonyl (C=O) groups is 10. The molecule has 27 N–H and O–H groups in total. The lowest BCUT2D eigenvalue weighted by Gasteiger charge is -2.29. The molecule has 1 aromatic rings. The normalized spacial score (nSPS) is 14.3. The van der Waals surface area contributed by atoms with Crippen molar-refractivity contribution in [1.29, 1.82) is 0 Å². The number of guanidine groups is 3. The fourth-order valence-electron chi connectivity index (χ4n) is 7.70. The molecule has 0 fully saturated rings. The summed E-state index contributed by atoms with van der Waals surface area (Å²) in [4.78, 5) is 153. The zero-order valence-corrected chi connectivity index (χ0v) is 46.7. The summed E-state index contributed by atoms with van der Waals surface area (Å²) in [5.74, 6) is -11.5. The zero-order chi connectivity index (χ0) is 61.4. The average Bonchev–Trinajstić information content (AvgIpc) is 3.89. The lowest BCUT2D eigenvalue weighted by molar-refractivity contribution is -0.147. The van der Waals surface area contributed by atoms with E-state index in [1.54, 1.807) is 27.7 Å². The Hall–Kier alpha value is -8.36. The number of aliphatic imine (C=N–C) groups is 3. The van der Waals surface area contributed by atoms with E-state index in [0.717, 1.165) is 0 Å². The number of nitrogens with one attached hydrogen (secondary N) is 9. The molecule has 9 atom stereocenters. The van der Waals surface area contributed by atoms with Gasteiger partial charge in [0.15, 0.2) is 17.9 Å². The van der Waals surface area contributed by atoms with Gasteiger partial charge in [-0.1, -0.05) is 27.7 Å². The van der Waals surface area contributed by atoms with Crippen LogP contribution in [0, 0.1) is 11.8 Å². The second kappa shape index (κ2) is 37.5. The van der Waals surface area contributed by atoms with E-state index >= 15 is 0 Å². The summed E-state index contributed by atoms with van der Waals surface area (Å²) in [6, 6.07) is -12.4.